The van der Waals surface area contributed by atoms with E-state index in [2.05, 4.69) is 5.32 Å². The van der Waals surface area contributed by atoms with Gasteiger partial charge in [-0.2, -0.15) is 8.42 Å². The van der Waals surface area contributed by atoms with Gasteiger partial charge < -0.3 is 14.8 Å². The highest BCUT2D eigenvalue weighted by atomic mass is 32.2. The second-order valence-electron chi connectivity index (χ2n) is 8.65. The molecule has 2 rings (SSSR count). The summed E-state index contributed by atoms with van der Waals surface area (Å²) in [5, 5.41) is 2.69. The zero-order valence-corrected chi connectivity index (χ0v) is 20.3. The molecule has 0 bridgehead atoms. The van der Waals surface area contributed by atoms with Gasteiger partial charge in [-0.3, -0.25) is 8.98 Å². The maximum atomic E-state index is 13.0. The monoisotopic (exact) mass is 477 g/mol. The van der Waals surface area contributed by atoms with Crippen molar-refractivity contribution < 1.29 is 31.7 Å². The largest absolute Gasteiger partial charge is 0.463 e. The number of carbonyl (C=O) groups is 2. The van der Waals surface area contributed by atoms with E-state index in [0.717, 1.165) is 11.1 Å². The highest BCUT2D eigenvalue weighted by molar-refractivity contribution is 7.86. The first kappa shape index (κ1) is 26.3. The second kappa shape index (κ2) is 11.3. The van der Waals surface area contributed by atoms with Crippen LogP contribution in [0.3, 0.4) is 0 Å². The average molecular weight is 478 g/mol. The van der Waals surface area contributed by atoms with Gasteiger partial charge >= 0.3 is 12.1 Å². The van der Waals surface area contributed by atoms with Gasteiger partial charge in [0.15, 0.2) is 0 Å². The Labute approximate surface area is 195 Å². The molecule has 0 radical (unpaired) electrons. The minimum atomic E-state index is -4.22. The summed E-state index contributed by atoms with van der Waals surface area (Å²) in [6, 6.07) is 14.5. The van der Waals surface area contributed by atoms with E-state index in [1.54, 1.807) is 32.9 Å². The van der Waals surface area contributed by atoms with Crippen LogP contribution in [0.15, 0.2) is 59.5 Å². The van der Waals surface area contributed by atoms with Crippen molar-refractivity contribution in [3.05, 3.63) is 65.7 Å². The minimum absolute atomic E-state index is 0.0448. The molecule has 0 saturated heterocycles. The van der Waals surface area contributed by atoms with Crippen LogP contribution in [0.1, 0.15) is 38.8 Å². The number of rotatable bonds is 9. The van der Waals surface area contributed by atoms with Crippen LogP contribution >= 0.6 is 0 Å². The Morgan fingerprint density at radius 1 is 1.00 bits per heavy atom. The Kier molecular flexibility index (Phi) is 9.01. The summed E-state index contributed by atoms with van der Waals surface area (Å²) in [5.41, 5.74) is 0.948. The van der Waals surface area contributed by atoms with Crippen molar-refractivity contribution in [3.63, 3.8) is 0 Å². The normalized spacial score (nSPS) is 13.6. The number of ether oxygens (including phenoxy) is 2. The van der Waals surface area contributed by atoms with E-state index in [1.807, 2.05) is 37.3 Å². The fraction of sp³-hybridized carbons (Fsp3) is 0.417. The molecule has 33 heavy (non-hydrogen) atoms. The number of amides is 1. The number of carbonyl (C=O) groups excluding carboxylic acids is 2. The predicted molar refractivity (Wildman–Crippen MR) is 123 cm³/mol. The summed E-state index contributed by atoms with van der Waals surface area (Å²) in [6.07, 6.45) is -1.73. The van der Waals surface area contributed by atoms with Crippen molar-refractivity contribution in [1.82, 2.24) is 5.32 Å². The fourth-order valence-corrected chi connectivity index (χ4v) is 4.03. The molecule has 0 heterocycles. The molecule has 0 fully saturated rings. The van der Waals surface area contributed by atoms with Crippen LogP contribution in [0.4, 0.5) is 4.79 Å². The zero-order valence-electron chi connectivity index (χ0n) is 19.5. The smallest absolute Gasteiger partial charge is 0.407 e. The highest BCUT2D eigenvalue weighted by Gasteiger charge is 2.32. The van der Waals surface area contributed by atoms with Crippen LogP contribution in [0.2, 0.25) is 0 Å². The molecule has 0 aliphatic heterocycles. The van der Waals surface area contributed by atoms with Crippen molar-refractivity contribution >= 4 is 22.2 Å². The summed E-state index contributed by atoms with van der Waals surface area (Å²) >= 11 is 0. The molecule has 0 aromatic heterocycles. The molecule has 2 aromatic rings. The zero-order chi connectivity index (χ0) is 24.6. The quantitative estimate of drug-likeness (QED) is 0.433. The number of nitrogens with one attached hydrogen (secondary N) is 1. The number of benzene rings is 2. The molecular formula is C24H31NO7S. The Hall–Kier alpha value is -2.91. The molecule has 180 valence electrons. The summed E-state index contributed by atoms with van der Waals surface area (Å²) in [4.78, 5) is 24.0. The molecule has 2 aromatic carbocycles. The number of alkyl carbamates (subject to hydrolysis) is 1. The maximum absolute atomic E-state index is 13.0. The summed E-state index contributed by atoms with van der Waals surface area (Å²) < 4.78 is 41.9. The van der Waals surface area contributed by atoms with Crippen LogP contribution in [-0.4, -0.2) is 44.8 Å². The first-order valence-electron chi connectivity index (χ1n) is 10.5. The van der Waals surface area contributed by atoms with Crippen LogP contribution < -0.4 is 5.32 Å². The second-order valence-corrected chi connectivity index (χ2v) is 10.2. The van der Waals surface area contributed by atoms with Gasteiger partial charge in [-0.15, -0.1) is 0 Å². The number of hydrogen-bond donors (Lipinski definition) is 1. The molecule has 9 heteroatoms. The molecule has 2 atom stereocenters. The van der Waals surface area contributed by atoms with Gasteiger partial charge in [0.05, 0.1) is 10.9 Å². The molecular weight excluding hydrogens is 446 g/mol. The van der Waals surface area contributed by atoms with Crippen LogP contribution in [-0.2, 0) is 35.0 Å². The van der Waals surface area contributed by atoms with E-state index in [-0.39, 0.29) is 17.9 Å². The van der Waals surface area contributed by atoms with Gasteiger partial charge in [0, 0.05) is 6.92 Å². The highest BCUT2D eigenvalue weighted by Crippen LogP contribution is 2.19. The third-order valence-electron chi connectivity index (χ3n) is 4.46. The maximum Gasteiger partial charge on any atom is 0.407 e. The lowest BCUT2D eigenvalue weighted by atomic mass is 10.0. The van der Waals surface area contributed by atoms with Crippen LogP contribution in [0, 0.1) is 6.92 Å². The summed E-state index contributed by atoms with van der Waals surface area (Å²) in [6.45, 7) is 7.81. The first-order chi connectivity index (χ1) is 15.4. The van der Waals surface area contributed by atoms with E-state index >= 15 is 0 Å². The molecule has 0 unspecified atom stereocenters. The minimum Gasteiger partial charge on any atom is -0.463 e. The molecule has 0 saturated carbocycles. The molecule has 1 N–H and O–H groups in total. The lowest BCUT2D eigenvalue weighted by Crippen LogP contribution is -2.50. The van der Waals surface area contributed by atoms with E-state index < -0.39 is 39.9 Å². The van der Waals surface area contributed by atoms with Gasteiger partial charge in [0.2, 0.25) is 0 Å². The Balaban J connectivity index is 2.36. The summed E-state index contributed by atoms with van der Waals surface area (Å²) in [5.74, 6) is -0.605. The molecule has 0 spiro atoms. The molecule has 0 aliphatic carbocycles. The average Bonchev–Trinajstić information content (AvgIpc) is 2.70. The SMILES string of the molecule is CC(=O)OC[C@@H](OS(=O)(=O)c1ccc(C)cc1)[C@H](Cc1ccccc1)NC(=O)OC(C)(C)C. The van der Waals surface area contributed by atoms with Crippen LogP contribution in [0.5, 0.6) is 0 Å². The topological polar surface area (TPSA) is 108 Å². The van der Waals surface area contributed by atoms with E-state index in [1.165, 1.54) is 19.1 Å². The van der Waals surface area contributed by atoms with Crippen molar-refractivity contribution in [2.45, 2.75) is 63.7 Å². The molecule has 0 aliphatic rings. The van der Waals surface area contributed by atoms with Crippen molar-refractivity contribution in [3.8, 4) is 0 Å². The van der Waals surface area contributed by atoms with Crippen molar-refractivity contribution in [2.75, 3.05) is 6.61 Å². The Morgan fingerprint density at radius 2 is 1.61 bits per heavy atom. The number of hydrogen-bond acceptors (Lipinski definition) is 7. The van der Waals surface area contributed by atoms with Gasteiger partial charge in [-0.1, -0.05) is 48.0 Å². The molecule has 1 amide bonds. The van der Waals surface area contributed by atoms with Gasteiger partial charge in [0.1, 0.15) is 18.3 Å². The number of esters is 1. The van der Waals surface area contributed by atoms with Crippen molar-refractivity contribution in [1.29, 1.82) is 0 Å². The van der Waals surface area contributed by atoms with Gasteiger partial charge in [-0.25, -0.2) is 4.79 Å². The lowest BCUT2D eigenvalue weighted by molar-refractivity contribution is -0.143. The Morgan fingerprint density at radius 3 is 2.15 bits per heavy atom. The van der Waals surface area contributed by atoms with E-state index in [4.69, 9.17) is 13.7 Å². The van der Waals surface area contributed by atoms with Gasteiger partial charge in [-0.05, 0) is 51.8 Å². The van der Waals surface area contributed by atoms with Gasteiger partial charge in [0.25, 0.3) is 10.1 Å². The lowest BCUT2D eigenvalue weighted by Gasteiger charge is -2.29. The fourth-order valence-electron chi connectivity index (χ4n) is 2.94. The standard InChI is InChI=1S/C24H31NO7S/c1-17-11-13-20(14-12-17)33(28,29)32-22(16-30-18(2)26)21(15-19-9-7-6-8-10-19)25-23(27)31-24(3,4)5/h6-14,21-22H,15-16H2,1-5H3,(H,25,27)/t21-,22+/m0/s1. The third kappa shape index (κ3) is 9.23. The van der Waals surface area contributed by atoms with Crippen LogP contribution in [0.25, 0.3) is 0 Å². The first-order valence-corrected chi connectivity index (χ1v) is 11.9. The predicted octanol–water partition coefficient (Wildman–Crippen LogP) is 3.77. The van der Waals surface area contributed by atoms with E-state index in [9.17, 15) is 18.0 Å². The Bertz CT molecular complexity index is 1030. The molecule has 8 nitrogen and oxygen atoms in total. The third-order valence-corrected chi connectivity index (χ3v) is 5.81. The number of aryl methyl sites for hydroxylation is 1. The van der Waals surface area contributed by atoms with E-state index in [0.29, 0.717) is 0 Å². The van der Waals surface area contributed by atoms with Crippen molar-refractivity contribution in [2.24, 2.45) is 0 Å². The summed E-state index contributed by atoms with van der Waals surface area (Å²) in [7, 11) is -4.22.